The van der Waals surface area contributed by atoms with E-state index >= 15 is 0 Å². The van der Waals surface area contributed by atoms with Gasteiger partial charge in [0.05, 0.1) is 0 Å². The van der Waals surface area contributed by atoms with Gasteiger partial charge in [-0.05, 0) is 13.3 Å². The van der Waals surface area contributed by atoms with Gasteiger partial charge in [0, 0.05) is 5.75 Å². The lowest BCUT2D eigenvalue weighted by Gasteiger charge is -2.19. The van der Waals surface area contributed by atoms with Crippen molar-refractivity contribution in [3.05, 3.63) is 0 Å². The normalized spacial score (nSPS) is 41.3. The average Bonchev–Trinajstić information content (AvgIpc) is 1.81. The number of hydrogen-bond acceptors (Lipinski definition) is 1. The van der Waals surface area contributed by atoms with Crippen molar-refractivity contribution in [3.63, 3.8) is 0 Å². The summed E-state index contributed by atoms with van der Waals surface area (Å²) in [6, 6.07) is 0. The van der Waals surface area contributed by atoms with Crippen LogP contribution in [0.1, 0.15) is 13.3 Å². The van der Waals surface area contributed by atoms with Crippen LogP contribution in [0.5, 0.6) is 0 Å². The molecular formula is C5H7F3S. The summed E-state index contributed by atoms with van der Waals surface area (Å²) in [5, 5.41) is -3.16. The lowest BCUT2D eigenvalue weighted by Crippen LogP contribution is -2.33. The smallest absolute Gasteiger partial charge is 0.236 e. The lowest BCUT2D eigenvalue weighted by molar-refractivity contribution is -0.0444. The second-order valence-electron chi connectivity index (χ2n) is 2.31. The SMILES string of the molecule is CC1(F)CCSC1(F)F. The summed E-state index contributed by atoms with van der Waals surface area (Å²) < 4.78 is 37.2. The molecule has 1 heterocycles. The molecular weight excluding hydrogens is 149 g/mol. The fraction of sp³-hybridized carbons (Fsp3) is 1.00. The molecule has 1 aliphatic rings. The summed E-state index contributed by atoms with van der Waals surface area (Å²) in [5.74, 6) is 0.222. The van der Waals surface area contributed by atoms with E-state index in [-0.39, 0.29) is 12.2 Å². The van der Waals surface area contributed by atoms with Gasteiger partial charge in [0.25, 0.3) is 0 Å². The van der Waals surface area contributed by atoms with Crippen molar-refractivity contribution in [2.45, 2.75) is 24.3 Å². The topological polar surface area (TPSA) is 0 Å². The predicted molar refractivity (Wildman–Crippen MR) is 31.5 cm³/mol. The van der Waals surface area contributed by atoms with E-state index in [1.54, 1.807) is 0 Å². The van der Waals surface area contributed by atoms with Crippen LogP contribution in [-0.4, -0.2) is 16.7 Å². The van der Waals surface area contributed by atoms with Gasteiger partial charge >= 0.3 is 5.25 Å². The van der Waals surface area contributed by atoms with Crippen LogP contribution in [0, 0.1) is 0 Å². The van der Waals surface area contributed by atoms with Gasteiger partial charge in [-0.15, -0.1) is 0 Å². The highest BCUT2D eigenvalue weighted by atomic mass is 32.2. The van der Waals surface area contributed by atoms with E-state index < -0.39 is 10.9 Å². The summed E-state index contributed by atoms with van der Waals surface area (Å²) in [4.78, 5) is 0. The van der Waals surface area contributed by atoms with Crippen LogP contribution in [0.4, 0.5) is 13.2 Å². The Labute approximate surface area is 55.8 Å². The molecule has 1 unspecified atom stereocenters. The fourth-order valence-electron chi connectivity index (χ4n) is 0.667. The zero-order chi connectivity index (χ0) is 7.12. The van der Waals surface area contributed by atoms with Gasteiger partial charge < -0.3 is 0 Å². The van der Waals surface area contributed by atoms with Crippen molar-refractivity contribution < 1.29 is 13.2 Å². The summed E-state index contributed by atoms with van der Waals surface area (Å²) in [7, 11) is 0. The van der Waals surface area contributed by atoms with Gasteiger partial charge in [0.2, 0.25) is 0 Å². The molecule has 4 heteroatoms. The second-order valence-corrected chi connectivity index (χ2v) is 3.52. The van der Waals surface area contributed by atoms with E-state index in [4.69, 9.17) is 0 Å². The zero-order valence-electron chi connectivity index (χ0n) is 4.96. The summed E-state index contributed by atoms with van der Waals surface area (Å²) in [5.41, 5.74) is -2.28. The summed E-state index contributed by atoms with van der Waals surface area (Å²) >= 11 is 0.398. The minimum absolute atomic E-state index is 0.0370. The summed E-state index contributed by atoms with van der Waals surface area (Å²) in [6.07, 6.45) is -0.0370. The first kappa shape index (κ1) is 7.25. The minimum Gasteiger partial charge on any atom is -0.236 e. The molecule has 0 aromatic heterocycles. The Morgan fingerprint density at radius 2 is 1.89 bits per heavy atom. The second kappa shape index (κ2) is 1.81. The quantitative estimate of drug-likeness (QED) is 0.519. The predicted octanol–water partition coefficient (Wildman–Crippen LogP) is 2.44. The molecule has 0 bridgehead atoms. The van der Waals surface area contributed by atoms with E-state index in [0.717, 1.165) is 6.92 Å². The molecule has 1 rings (SSSR count). The Morgan fingerprint density at radius 3 is 2.00 bits per heavy atom. The first-order valence-corrected chi connectivity index (χ1v) is 3.65. The van der Waals surface area contributed by atoms with Gasteiger partial charge in [-0.1, -0.05) is 11.8 Å². The molecule has 0 aliphatic carbocycles. The molecule has 0 nitrogen and oxygen atoms in total. The highest BCUT2D eigenvalue weighted by molar-refractivity contribution is 8.00. The molecule has 1 aliphatic heterocycles. The van der Waals surface area contributed by atoms with E-state index in [9.17, 15) is 13.2 Å². The maximum absolute atomic E-state index is 12.6. The Bertz CT molecular complexity index is 107. The molecule has 54 valence electrons. The Kier molecular flexibility index (Phi) is 1.46. The van der Waals surface area contributed by atoms with E-state index in [1.807, 2.05) is 0 Å². The third-order valence-corrected chi connectivity index (χ3v) is 2.66. The molecule has 9 heavy (non-hydrogen) atoms. The lowest BCUT2D eigenvalue weighted by atomic mass is 10.1. The largest absolute Gasteiger partial charge is 0.326 e. The van der Waals surface area contributed by atoms with E-state index in [2.05, 4.69) is 0 Å². The van der Waals surface area contributed by atoms with Crippen LogP contribution in [0.3, 0.4) is 0 Å². The van der Waals surface area contributed by atoms with Gasteiger partial charge in [-0.2, -0.15) is 8.78 Å². The maximum Gasteiger partial charge on any atom is 0.326 e. The number of alkyl halides is 3. The van der Waals surface area contributed by atoms with Crippen molar-refractivity contribution in [2.75, 3.05) is 5.75 Å². The van der Waals surface area contributed by atoms with Crippen LogP contribution >= 0.6 is 11.8 Å². The highest BCUT2D eigenvalue weighted by Gasteiger charge is 2.55. The van der Waals surface area contributed by atoms with Crippen molar-refractivity contribution in [1.82, 2.24) is 0 Å². The number of rotatable bonds is 0. The van der Waals surface area contributed by atoms with Crippen LogP contribution in [0.2, 0.25) is 0 Å². The Hall–Kier alpha value is 0.140. The first-order valence-electron chi connectivity index (χ1n) is 2.66. The van der Waals surface area contributed by atoms with E-state index in [1.165, 1.54) is 0 Å². The maximum atomic E-state index is 12.6. The number of thioether (sulfide) groups is 1. The van der Waals surface area contributed by atoms with Crippen LogP contribution in [0.25, 0.3) is 0 Å². The molecule has 0 N–H and O–H groups in total. The van der Waals surface area contributed by atoms with Crippen molar-refractivity contribution in [2.24, 2.45) is 0 Å². The fourth-order valence-corrected chi connectivity index (χ4v) is 1.81. The molecule has 1 atom stereocenters. The minimum atomic E-state index is -3.16. The molecule has 1 fully saturated rings. The molecule has 1 saturated heterocycles. The van der Waals surface area contributed by atoms with Crippen molar-refractivity contribution >= 4 is 11.8 Å². The molecule has 0 radical (unpaired) electrons. The third kappa shape index (κ3) is 1.04. The first-order chi connectivity index (χ1) is 3.96. The monoisotopic (exact) mass is 156 g/mol. The van der Waals surface area contributed by atoms with Gasteiger partial charge in [0.15, 0.2) is 5.67 Å². The zero-order valence-corrected chi connectivity index (χ0v) is 5.77. The molecule has 0 aromatic rings. The molecule has 0 saturated carbocycles. The van der Waals surface area contributed by atoms with Gasteiger partial charge in [-0.25, -0.2) is 4.39 Å². The van der Waals surface area contributed by atoms with Crippen LogP contribution in [-0.2, 0) is 0 Å². The molecule has 0 aromatic carbocycles. The Morgan fingerprint density at radius 1 is 1.33 bits per heavy atom. The standard InChI is InChI=1S/C5H7F3S/c1-4(6)2-3-9-5(4,7)8/h2-3H2,1H3. The number of hydrogen-bond donors (Lipinski definition) is 0. The molecule has 0 amide bonds. The third-order valence-electron chi connectivity index (χ3n) is 1.46. The Balaban J connectivity index is 2.75. The van der Waals surface area contributed by atoms with Gasteiger partial charge in [-0.3, -0.25) is 0 Å². The summed E-state index contributed by atoms with van der Waals surface area (Å²) in [6.45, 7) is 0.951. The highest BCUT2D eigenvalue weighted by Crippen LogP contribution is 2.50. The number of halogens is 3. The van der Waals surface area contributed by atoms with E-state index in [0.29, 0.717) is 11.8 Å². The van der Waals surface area contributed by atoms with Crippen LogP contribution in [0.15, 0.2) is 0 Å². The van der Waals surface area contributed by atoms with Crippen LogP contribution < -0.4 is 0 Å². The molecule has 0 spiro atoms. The van der Waals surface area contributed by atoms with Crippen molar-refractivity contribution in [1.29, 1.82) is 0 Å². The van der Waals surface area contributed by atoms with Gasteiger partial charge in [0.1, 0.15) is 0 Å². The average molecular weight is 156 g/mol. The van der Waals surface area contributed by atoms with Crippen molar-refractivity contribution in [3.8, 4) is 0 Å².